The van der Waals surface area contributed by atoms with E-state index in [9.17, 15) is 9.59 Å². The molecule has 0 aliphatic carbocycles. The van der Waals surface area contributed by atoms with Crippen molar-refractivity contribution in [1.29, 1.82) is 0 Å². The summed E-state index contributed by atoms with van der Waals surface area (Å²) in [5.74, 6) is -0.634. The van der Waals surface area contributed by atoms with Gasteiger partial charge in [0.15, 0.2) is 5.54 Å². The summed E-state index contributed by atoms with van der Waals surface area (Å²) in [4.78, 5) is 24.8. The van der Waals surface area contributed by atoms with Crippen LogP contribution in [0.5, 0.6) is 0 Å². The Kier molecular flexibility index (Phi) is 6.61. The van der Waals surface area contributed by atoms with Crippen LogP contribution in [0.15, 0.2) is 48.2 Å². The molecule has 0 aliphatic rings. The van der Waals surface area contributed by atoms with E-state index < -0.39 is 11.5 Å². The maximum Gasteiger partial charge on any atom is 0.336 e. The van der Waals surface area contributed by atoms with E-state index >= 15 is 0 Å². The van der Waals surface area contributed by atoms with Gasteiger partial charge in [0, 0.05) is 5.56 Å². The molecule has 0 saturated carbocycles. The molecule has 0 fully saturated rings. The van der Waals surface area contributed by atoms with Crippen molar-refractivity contribution in [2.45, 2.75) is 32.7 Å². The summed E-state index contributed by atoms with van der Waals surface area (Å²) in [7, 11) is 1.32. The smallest absolute Gasteiger partial charge is 0.336 e. The summed E-state index contributed by atoms with van der Waals surface area (Å²) in [5.41, 5.74) is 2.18. The van der Waals surface area contributed by atoms with Crippen molar-refractivity contribution in [3.63, 3.8) is 0 Å². The van der Waals surface area contributed by atoms with E-state index in [0.29, 0.717) is 12.0 Å². The predicted molar refractivity (Wildman–Crippen MR) is 86.4 cm³/mol. The van der Waals surface area contributed by atoms with Gasteiger partial charge in [-0.15, -0.1) is 5.73 Å². The molecule has 1 amide bonds. The zero-order chi connectivity index (χ0) is 16.6. The number of carbonyl (C=O) groups is 2. The molecule has 1 atom stereocenters. The van der Waals surface area contributed by atoms with Crippen LogP contribution in [-0.4, -0.2) is 24.5 Å². The van der Waals surface area contributed by atoms with Gasteiger partial charge in [-0.25, -0.2) is 4.79 Å². The minimum absolute atomic E-state index is 0.185. The van der Waals surface area contributed by atoms with Crippen LogP contribution in [0.1, 0.15) is 37.6 Å². The Morgan fingerprint density at radius 3 is 2.45 bits per heavy atom. The number of nitrogens with one attached hydrogen (secondary N) is 1. The fourth-order valence-corrected chi connectivity index (χ4v) is 2.26. The van der Waals surface area contributed by atoms with Crippen LogP contribution >= 0.6 is 0 Å². The van der Waals surface area contributed by atoms with Crippen LogP contribution in [0.4, 0.5) is 0 Å². The summed E-state index contributed by atoms with van der Waals surface area (Å²) in [5, 5.41) is 2.81. The molecule has 1 rings (SSSR count). The van der Waals surface area contributed by atoms with Crippen molar-refractivity contribution in [3.8, 4) is 0 Å². The summed E-state index contributed by atoms with van der Waals surface area (Å²) in [6, 6.07) is 8.79. The first-order valence-corrected chi connectivity index (χ1v) is 7.29. The molecule has 1 aromatic rings. The van der Waals surface area contributed by atoms with E-state index in [-0.39, 0.29) is 11.8 Å². The normalized spacial score (nSPS) is 12.8. The Morgan fingerprint density at radius 2 is 1.95 bits per heavy atom. The Bertz CT molecular complexity index is 567. The zero-order valence-electron chi connectivity index (χ0n) is 13.6. The molecule has 0 saturated heterocycles. The van der Waals surface area contributed by atoms with Gasteiger partial charge in [0.05, 0.1) is 7.11 Å². The molecule has 0 radical (unpaired) electrons. The molecule has 1 N–H and O–H groups in total. The lowest BCUT2D eigenvalue weighted by Gasteiger charge is -2.30. The highest BCUT2D eigenvalue weighted by Gasteiger charge is 2.39. The molecule has 1 unspecified atom stereocenters. The third kappa shape index (κ3) is 4.61. The SMILES string of the molecule is CC=C=CC(CC(C)C)(NC(=O)c1ccccc1)C(=O)OC. The Hall–Kier alpha value is -2.32. The molecule has 1 aromatic carbocycles. The average molecular weight is 301 g/mol. The lowest BCUT2D eigenvalue weighted by molar-refractivity contribution is -0.146. The van der Waals surface area contributed by atoms with E-state index in [1.165, 1.54) is 7.11 Å². The van der Waals surface area contributed by atoms with Gasteiger partial charge in [-0.2, -0.15) is 0 Å². The number of esters is 1. The maximum atomic E-state index is 12.4. The Balaban J connectivity index is 3.20. The van der Waals surface area contributed by atoms with E-state index in [1.807, 2.05) is 19.9 Å². The van der Waals surface area contributed by atoms with Crippen LogP contribution in [0, 0.1) is 5.92 Å². The lowest BCUT2D eigenvalue weighted by Crippen LogP contribution is -2.54. The van der Waals surface area contributed by atoms with Gasteiger partial charge in [0.2, 0.25) is 0 Å². The van der Waals surface area contributed by atoms with E-state index in [0.717, 1.165) is 0 Å². The van der Waals surface area contributed by atoms with Crippen LogP contribution < -0.4 is 5.32 Å². The first-order valence-electron chi connectivity index (χ1n) is 7.29. The summed E-state index contributed by atoms with van der Waals surface area (Å²) < 4.78 is 4.91. The van der Waals surface area contributed by atoms with Gasteiger partial charge in [-0.3, -0.25) is 4.79 Å². The zero-order valence-corrected chi connectivity index (χ0v) is 13.6. The number of carbonyl (C=O) groups excluding carboxylic acids is 2. The number of hydrogen-bond donors (Lipinski definition) is 1. The summed E-state index contributed by atoms with van der Waals surface area (Å²) in [6.45, 7) is 5.76. The van der Waals surface area contributed by atoms with Crippen molar-refractivity contribution >= 4 is 11.9 Å². The number of ether oxygens (including phenoxy) is 1. The maximum absolute atomic E-state index is 12.4. The molecular weight excluding hydrogens is 278 g/mol. The van der Waals surface area contributed by atoms with E-state index in [1.54, 1.807) is 43.3 Å². The molecule has 118 valence electrons. The van der Waals surface area contributed by atoms with Gasteiger partial charge in [-0.05, 0) is 43.5 Å². The molecule has 0 bridgehead atoms. The fraction of sp³-hybridized carbons (Fsp3) is 0.389. The second-order valence-corrected chi connectivity index (χ2v) is 5.48. The molecular formula is C18H23NO3. The van der Waals surface area contributed by atoms with Gasteiger partial charge in [0.1, 0.15) is 0 Å². The topological polar surface area (TPSA) is 55.4 Å². The van der Waals surface area contributed by atoms with Crippen molar-refractivity contribution in [2.24, 2.45) is 5.92 Å². The molecule has 0 heterocycles. The summed E-state index contributed by atoms with van der Waals surface area (Å²) in [6.07, 6.45) is 3.69. The second kappa shape index (κ2) is 8.20. The average Bonchev–Trinajstić information content (AvgIpc) is 2.52. The van der Waals surface area contributed by atoms with Crippen LogP contribution in [0.3, 0.4) is 0 Å². The highest BCUT2D eigenvalue weighted by Crippen LogP contribution is 2.21. The fourth-order valence-electron chi connectivity index (χ4n) is 2.26. The summed E-state index contributed by atoms with van der Waals surface area (Å²) >= 11 is 0. The van der Waals surface area contributed by atoms with Crippen LogP contribution in [-0.2, 0) is 9.53 Å². The highest BCUT2D eigenvalue weighted by molar-refractivity contribution is 5.98. The van der Waals surface area contributed by atoms with Crippen molar-refractivity contribution in [3.05, 3.63) is 53.8 Å². The number of methoxy groups -OCH3 is 1. The minimum Gasteiger partial charge on any atom is -0.467 e. The number of amides is 1. The third-order valence-electron chi connectivity index (χ3n) is 3.15. The van der Waals surface area contributed by atoms with Crippen molar-refractivity contribution in [2.75, 3.05) is 7.11 Å². The van der Waals surface area contributed by atoms with Gasteiger partial charge in [-0.1, -0.05) is 32.0 Å². The standard InChI is InChI=1S/C18H23NO3/c1-5-6-12-18(13-14(2)3,17(21)22-4)19-16(20)15-10-8-7-9-11-15/h5,7-12,14H,13H2,1-4H3,(H,19,20). The number of hydrogen-bond acceptors (Lipinski definition) is 3. The Labute approximate surface area is 131 Å². The number of rotatable bonds is 6. The Morgan fingerprint density at radius 1 is 1.32 bits per heavy atom. The quantitative estimate of drug-likeness (QED) is 0.649. The van der Waals surface area contributed by atoms with Crippen LogP contribution in [0.2, 0.25) is 0 Å². The molecule has 4 heteroatoms. The minimum atomic E-state index is -1.22. The molecule has 0 spiro atoms. The van der Waals surface area contributed by atoms with Gasteiger partial charge in [0.25, 0.3) is 5.91 Å². The monoisotopic (exact) mass is 301 g/mol. The first kappa shape index (κ1) is 17.7. The lowest BCUT2D eigenvalue weighted by atomic mass is 9.88. The van der Waals surface area contributed by atoms with Crippen molar-refractivity contribution in [1.82, 2.24) is 5.32 Å². The van der Waals surface area contributed by atoms with E-state index in [4.69, 9.17) is 4.74 Å². The van der Waals surface area contributed by atoms with Gasteiger partial charge >= 0.3 is 5.97 Å². The highest BCUT2D eigenvalue weighted by atomic mass is 16.5. The first-order chi connectivity index (χ1) is 10.4. The predicted octanol–water partition coefficient (Wildman–Crippen LogP) is 3.11. The largest absolute Gasteiger partial charge is 0.467 e. The number of benzene rings is 1. The molecule has 4 nitrogen and oxygen atoms in total. The van der Waals surface area contributed by atoms with E-state index in [2.05, 4.69) is 11.0 Å². The van der Waals surface area contributed by atoms with Crippen molar-refractivity contribution < 1.29 is 14.3 Å². The van der Waals surface area contributed by atoms with Gasteiger partial charge < -0.3 is 10.1 Å². The third-order valence-corrected chi connectivity index (χ3v) is 3.15. The molecule has 22 heavy (non-hydrogen) atoms. The molecule has 0 aliphatic heterocycles. The second-order valence-electron chi connectivity index (χ2n) is 5.48. The van der Waals surface area contributed by atoms with Crippen LogP contribution in [0.25, 0.3) is 0 Å². The molecule has 0 aromatic heterocycles.